The number of carbonyl (C=O) groups excluding carboxylic acids is 1. The molecule has 26 heavy (non-hydrogen) atoms. The van der Waals surface area contributed by atoms with E-state index in [9.17, 15) is 13.2 Å². The van der Waals surface area contributed by atoms with Crippen molar-refractivity contribution in [2.45, 2.75) is 36.5 Å². The fourth-order valence-electron chi connectivity index (χ4n) is 2.86. The zero-order valence-electron chi connectivity index (χ0n) is 13.8. The van der Waals surface area contributed by atoms with Crippen LogP contribution in [0.1, 0.15) is 47.0 Å². The smallest absolute Gasteiger partial charge is 0.257 e. The van der Waals surface area contributed by atoms with Crippen LogP contribution in [0.3, 0.4) is 0 Å². The van der Waals surface area contributed by atoms with Crippen LogP contribution in [-0.4, -0.2) is 41.9 Å². The number of sulfonamides is 1. The largest absolute Gasteiger partial charge is 0.296 e. The van der Waals surface area contributed by atoms with Crippen LogP contribution in [0.25, 0.3) is 0 Å². The molecule has 1 aromatic heterocycles. The van der Waals surface area contributed by atoms with Crippen LogP contribution in [0.5, 0.6) is 0 Å². The van der Waals surface area contributed by atoms with E-state index >= 15 is 0 Å². The van der Waals surface area contributed by atoms with E-state index in [1.807, 2.05) is 0 Å². The van der Waals surface area contributed by atoms with Gasteiger partial charge in [0.2, 0.25) is 15.2 Å². The van der Waals surface area contributed by atoms with Gasteiger partial charge in [0.25, 0.3) is 5.91 Å². The highest BCUT2D eigenvalue weighted by atomic mass is 35.5. The summed E-state index contributed by atoms with van der Waals surface area (Å²) in [6.45, 7) is 0.952. The van der Waals surface area contributed by atoms with Gasteiger partial charge in [-0.3, -0.25) is 10.1 Å². The standard InChI is InChI=1S/C16H17ClN4O3S2/c17-12-6-5-11(9-13(12)26(23,24)21-7-1-2-8-21)14(22)18-16-20-19-15(25-16)10-3-4-10/h5-6,9-10H,1-4,7-8H2,(H,18,20,22). The van der Waals surface area contributed by atoms with E-state index in [2.05, 4.69) is 15.5 Å². The first-order chi connectivity index (χ1) is 12.4. The molecule has 0 unspecified atom stereocenters. The highest BCUT2D eigenvalue weighted by molar-refractivity contribution is 7.89. The van der Waals surface area contributed by atoms with Gasteiger partial charge in [-0.15, -0.1) is 10.2 Å². The zero-order valence-corrected chi connectivity index (χ0v) is 16.2. The second-order valence-electron chi connectivity index (χ2n) is 6.43. The summed E-state index contributed by atoms with van der Waals surface area (Å²) in [5, 5.41) is 12.2. The van der Waals surface area contributed by atoms with Crippen LogP contribution < -0.4 is 5.32 Å². The van der Waals surface area contributed by atoms with Crippen LogP contribution in [-0.2, 0) is 10.0 Å². The van der Waals surface area contributed by atoms with Gasteiger partial charge in [-0.1, -0.05) is 22.9 Å². The summed E-state index contributed by atoms with van der Waals surface area (Å²) in [5.41, 5.74) is 0.218. The molecule has 1 N–H and O–H groups in total. The van der Waals surface area contributed by atoms with Gasteiger partial charge in [0.15, 0.2) is 0 Å². The molecule has 1 amide bonds. The number of halogens is 1. The van der Waals surface area contributed by atoms with Gasteiger partial charge in [0, 0.05) is 24.6 Å². The molecule has 0 atom stereocenters. The molecule has 2 aliphatic rings. The summed E-state index contributed by atoms with van der Waals surface area (Å²) in [4.78, 5) is 12.5. The Morgan fingerprint density at radius 3 is 2.65 bits per heavy atom. The van der Waals surface area contributed by atoms with Gasteiger partial charge in [-0.2, -0.15) is 4.31 Å². The summed E-state index contributed by atoms with van der Waals surface area (Å²) >= 11 is 7.46. The SMILES string of the molecule is O=C(Nc1nnc(C2CC2)s1)c1ccc(Cl)c(S(=O)(=O)N2CCCC2)c1. The number of hydrogen-bond donors (Lipinski definition) is 1. The molecule has 1 aliphatic carbocycles. The van der Waals surface area contributed by atoms with Crippen LogP contribution in [0.2, 0.25) is 5.02 Å². The van der Waals surface area contributed by atoms with E-state index in [-0.39, 0.29) is 15.5 Å². The van der Waals surface area contributed by atoms with Crippen molar-refractivity contribution in [2.75, 3.05) is 18.4 Å². The molecule has 0 bridgehead atoms. The molecule has 138 valence electrons. The second-order valence-corrected chi connectivity index (χ2v) is 9.75. The van der Waals surface area contributed by atoms with E-state index in [4.69, 9.17) is 11.6 Å². The highest BCUT2D eigenvalue weighted by Crippen LogP contribution is 2.42. The number of rotatable bonds is 5. The van der Waals surface area contributed by atoms with E-state index < -0.39 is 15.9 Å². The number of amides is 1. The summed E-state index contributed by atoms with van der Waals surface area (Å²) < 4.78 is 26.9. The van der Waals surface area contributed by atoms with Crippen LogP contribution in [0, 0.1) is 0 Å². The number of nitrogens with one attached hydrogen (secondary N) is 1. The minimum Gasteiger partial charge on any atom is -0.296 e. The lowest BCUT2D eigenvalue weighted by Gasteiger charge is -2.17. The summed E-state index contributed by atoms with van der Waals surface area (Å²) in [6.07, 6.45) is 3.88. The summed E-state index contributed by atoms with van der Waals surface area (Å²) in [6, 6.07) is 4.27. The summed E-state index contributed by atoms with van der Waals surface area (Å²) in [5.74, 6) is 0.0314. The third-order valence-corrected chi connectivity index (χ3v) is 7.85. The topological polar surface area (TPSA) is 92.3 Å². The number of benzene rings is 1. The van der Waals surface area contributed by atoms with Gasteiger partial charge in [-0.25, -0.2) is 8.42 Å². The molecule has 1 saturated carbocycles. The first-order valence-electron chi connectivity index (χ1n) is 8.39. The van der Waals surface area contributed by atoms with Gasteiger partial charge >= 0.3 is 0 Å². The molecule has 10 heteroatoms. The molecule has 1 aliphatic heterocycles. The predicted octanol–water partition coefficient (Wildman–Crippen LogP) is 3.11. The van der Waals surface area contributed by atoms with Crippen molar-refractivity contribution in [3.05, 3.63) is 33.8 Å². The van der Waals surface area contributed by atoms with Crippen molar-refractivity contribution in [1.29, 1.82) is 0 Å². The molecule has 2 fully saturated rings. The van der Waals surface area contributed by atoms with Crippen LogP contribution >= 0.6 is 22.9 Å². The second kappa shape index (κ2) is 6.88. The quantitative estimate of drug-likeness (QED) is 0.814. The number of anilines is 1. The maximum Gasteiger partial charge on any atom is 0.257 e. The Morgan fingerprint density at radius 1 is 1.23 bits per heavy atom. The Hall–Kier alpha value is -1.55. The normalized spacial score (nSPS) is 18.2. The van der Waals surface area contributed by atoms with Crippen molar-refractivity contribution in [3.8, 4) is 0 Å². The Kier molecular flexibility index (Phi) is 4.72. The minimum absolute atomic E-state index is 0.0374. The molecule has 1 aromatic carbocycles. The van der Waals surface area contributed by atoms with E-state index in [0.29, 0.717) is 24.1 Å². The Labute approximate surface area is 160 Å². The van der Waals surface area contributed by atoms with Crippen molar-refractivity contribution >= 4 is 44.0 Å². The molecular weight excluding hydrogens is 396 g/mol. The van der Waals surface area contributed by atoms with Gasteiger partial charge in [-0.05, 0) is 43.9 Å². The number of aromatic nitrogens is 2. The third kappa shape index (κ3) is 3.48. The van der Waals surface area contributed by atoms with Gasteiger partial charge in [0.1, 0.15) is 9.90 Å². The van der Waals surface area contributed by atoms with Crippen LogP contribution in [0.15, 0.2) is 23.1 Å². The molecule has 7 nitrogen and oxygen atoms in total. The van der Waals surface area contributed by atoms with E-state index in [1.165, 1.54) is 33.8 Å². The lowest BCUT2D eigenvalue weighted by atomic mass is 10.2. The Morgan fingerprint density at radius 2 is 1.96 bits per heavy atom. The van der Waals surface area contributed by atoms with Gasteiger partial charge < -0.3 is 0 Å². The third-order valence-electron chi connectivity index (χ3n) is 4.46. The van der Waals surface area contributed by atoms with Crippen molar-refractivity contribution < 1.29 is 13.2 Å². The Balaban J connectivity index is 1.57. The molecule has 0 radical (unpaired) electrons. The van der Waals surface area contributed by atoms with E-state index in [0.717, 1.165) is 30.7 Å². The average molecular weight is 413 g/mol. The molecule has 2 aromatic rings. The lowest BCUT2D eigenvalue weighted by molar-refractivity contribution is 0.102. The molecular formula is C16H17ClN4O3S2. The predicted molar refractivity (Wildman–Crippen MR) is 99.3 cm³/mol. The minimum atomic E-state index is -3.70. The van der Waals surface area contributed by atoms with Crippen molar-refractivity contribution in [1.82, 2.24) is 14.5 Å². The summed E-state index contributed by atoms with van der Waals surface area (Å²) in [7, 11) is -3.70. The Bertz CT molecular complexity index is 950. The van der Waals surface area contributed by atoms with Crippen molar-refractivity contribution in [3.63, 3.8) is 0 Å². The highest BCUT2D eigenvalue weighted by Gasteiger charge is 2.30. The number of carbonyl (C=O) groups is 1. The molecule has 0 spiro atoms. The average Bonchev–Trinajstić information content (AvgIpc) is 3.10. The maximum atomic E-state index is 12.8. The fraction of sp³-hybridized carbons (Fsp3) is 0.438. The molecule has 1 saturated heterocycles. The van der Waals surface area contributed by atoms with Crippen LogP contribution in [0.4, 0.5) is 5.13 Å². The molecule has 4 rings (SSSR count). The lowest BCUT2D eigenvalue weighted by Crippen LogP contribution is -2.28. The fourth-order valence-corrected chi connectivity index (χ4v) is 5.78. The van der Waals surface area contributed by atoms with Gasteiger partial charge in [0.05, 0.1) is 5.02 Å². The number of hydrogen-bond acceptors (Lipinski definition) is 6. The first kappa shape index (κ1) is 17.8. The zero-order chi connectivity index (χ0) is 18.3. The molecule has 2 heterocycles. The first-order valence-corrected chi connectivity index (χ1v) is 11.0. The maximum absolute atomic E-state index is 12.8. The number of nitrogens with zero attached hydrogens (tertiary/aromatic N) is 3. The monoisotopic (exact) mass is 412 g/mol. The van der Waals surface area contributed by atoms with Crippen molar-refractivity contribution in [2.24, 2.45) is 0 Å². The van der Waals surface area contributed by atoms with E-state index in [1.54, 1.807) is 0 Å².